The zero-order valence-electron chi connectivity index (χ0n) is 38.8. The van der Waals surface area contributed by atoms with Gasteiger partial charge in [0.2, 0.25) is 0 Å². The minimum atomic E-state index is -2.28. The van der Waals surface area contributed by atoms with Crippen molar-refractivity contribution in [3.8, 4) is 0 Å². The van der Waals surface area contributed by atoms with Crippen LogP contribution in [0.4, 0.5) is 0 Å². The molecule has 0 aliphatic carbocycles. The van der Waals surface area contributed by atoms with Gasteiger partial charge in [0.15, 0.2) is 18.4 Å². The molecule has 1 N–H and O–H groups in total. The molecule has 17 atom stereocenters. The number of ether oxygens (including phenoxy) is 8. The smallest absolute Gasteiger partial charge is 0.187 e. The number of aldehydes is 1. The molecule has 0 bridgehead atoms. The molecule has 6 saturated heterocycles. The van der Waals surface area contributed by atoms with Crippen molar-refractivity contribution in [3.05, 3.63) is 48.0 Å². The second-order valence-corrected chi connectivity index (χ2v) is 27.3. The van der Waals surface area contributed by atoms with Crippen LogP contribution in [0.25, 0.3) is 10.8 Å². The van der Waals surface area contributed by atoms with Crippen LogP contribution in [0.15, 0.2) is 42.5 Å². The summed E-state index contributed by atoms with van der Waals surface area (Å²) in [6.45, 7) is 26.3. The van der Waals surface area contributed by atoms with Crippen molar-refractivity contribution in [3.63, 3.8) is 0 Å². The first kappa shape index (κ1) is 45.8. The summed E-state index contributed by atoms with van der Waals surface area (Å²) in [5.41, 5.74) is 1.51. The predicted octanol–water partition coefficient (Wildman–Crippen LogP) is 9.74. The molecule has 6 aliphatic rings. The molecule has 2 aromatic carbocycles. The standard InChI is InChI=1S/C50H76O10Si/c1-28(2)61(29(3)4,30(5)6)42-26-38-39(59-49(42,11)41(52)20-22-51)24-31(7)25-40-47(56-38)58-48-45(55-40)33(9)43(53-27-36-18-14-17-35-16-12-13-19-37(35)36)46-44(57-48)32(8)34(10)50(60-46)21-15-23-54-50/h12-14,16-19,22,28-34,38-48,52H,15,20-21,23-27H2,1-11H3/t31-,32-,33-,34-,38-,39+,40-,41+,42?,43-,44+,45+,46-,47+,48-,49-,50+/m0/s1. The number of hydrogen-bond donors (Lipinski definition) is 1. The lowest BCUT2D eigenvalue weighted by atomic mass is 9.76. The van der Waals surface area contributed by atoms with Crippen LogP contribution in [-0.4, -0.2) is 98.9 Å². The molecule has 1 unspecified atom stereocenters. The number of benzene rings is 2. The molecule has 0 amide bonds. The van der Waals surface area contributed by atoms with E-state index in [0.29, 0.717) is 36.3 Å². The molecule has 61 heavy (non-hydrogen) atoms. The van der Waals surface area contributed by atoms with E-state index in [9.17, 15) is 9.90 Å². The highest BCUT2D eigenvalue weighted by atomic mass is 28.3. The van der Waals surface area contributed by atoms with Crippen molar-refractivity contribution >= 4 is 25.1 Å². The number of aliphatic hydroxyl groups excluding tert-OH is 1. The molecule has 0 radical (unpaired) electrons. The van der Waals surface area contributed by atoms with Crippen LogP contribution in [0.3, 0.4) is 0 Å². The van der Waals surface area contributed by atoms with Gasteiger partial charge in [-0.1, -0.05) is 128 Å². The number of carbonyl (C=O) groups is 1. The lowest BCUT2D eigenvalue weighted by molar-refractivity contribution is -0.397. The molecule has 0 saturated carbocycles. The van der Waals surface area contributed by atoms with E-state index in [1.807, 2.05) is 0 Å². The van der Waals surface area contributed by atoms with Crippen LogP contribution < -0.4 is 0 Å². The van der Waals surface area contributed by atoms with E-state index in [2.05, 4.69) is 119 Å². The summed E-state index contributed by atoms with van der Waals surface area (Å²) >= 11 is 0. The fraction of sp³-hybridized carbons (Fsp3) is 0.780. The van der Waals surface area contributed by atoms with Gasteiger partial charge in [0.1, 0.15) is 24.6 Å². The van der Waals surface area contributed by atoms with Crippen molar-refractivity contribution < 1.29 is 47.8 Å². The van der Waals surface area contributed by atoms with Crippen molar-refractivity contribution in [2.45, 2.75) is 216 Å². The van der Waals surface area contributed by atoms with Gasteiger partial charge in [0.25, 0.3) is 0 Å². The minimum absolute atomic E-state index is 0.0306. The van der Waals surface area contributed by atoms with E-state index in [1.54, 1.807) is 0 Å². The maximum absolute atomic E-state index is 12.0. The lowest BCUT2D eigenvalue weighted by Gasteiger charge is -2.61. The van der Waals surface area contributed by atoms with Crippen LogP contribution >= 0.6 is 0 Å². The second kappa shape index (κ2) is 17.9. The third-order valence-electron chi connectivity index (χ3n) is 17.0. The highest BCUT2D eigenvalue weighted by Gasteiger charge is 2.64. The summed E-state index contributed by atoms with van der Waals surface area (Å²) in [6.07, 6.45) is 0.119. The van der Waals surface area contributed by atoms with Gasteiger partial charge in [-0.05, 0) is 66.3 Å². The molecule has 10 nitrogen and oxygen atoms in total. The Morgan fingerprint density at radius 2 is 1.49 bits per heavy atom. The van der Waals surface area contributed by atoms with E-state index in [4.69, 9.17) is 37.9 Å². The topological polar surface area (TPSA) is 111 Å². The van der Waals surface area contributed by atoms with Gasteiger partial charge >= 0.3 is 0 Å². The van der Waals surface area contributed by atoms with Gasteiger partial charge in [0, 0.05) is 24.7 Å². The lowest BCUT2D eigenvalue weighted by Crippen LogP contribution is -2.67. The van der Waals surface area contributed by atoms with Crippen molar-refractivity contribution in [1.29, 1.82) is 0 Å². The molecule has 0 aromatic heterocycles. The Morgan fingerprint density at radius 3 is 2.18 bits per heavy atom. The van der Waals surface area contributed by atoms with E-state index >= 15 is 0 Å². The SMILES string of the molecule is CC(C)[Si](C(C)C)(C(C)C)C1C[C@@H]2O[C@@H]3O[C@@H]4O[C@@H]5[C@@H](C)[C@H](C)[C@@]6(CCCO6)O[C@H]5[C@@H](OCc5cccc6ccccc56)[C@H](C)[C@H]4O[C@H]3C[C@@H](C)C[C@H]2O[C@@]1(C)[C@H](O)CC=O. The Bertz CT molecular complexity index is 1790. The number of fused-ring (bicyclic) bond motifs is 5. The van der Waals surface area contributed by atoms with Crippen LogP contribution in [0.1, 0.15) is 120 Å². The number of carbonyl (C=O) groups excluding carboxylic acids is 1. The molecule has 11 heteroatoms. The average molecular weight is 865 g/mol. The molecular weight excluding hydrogens is 789 g/mol. The normalized spacial score (nSPS) is 42.3. The van der Waals surface area contributed by atoms with Gasteiger partial charge in [-0.3, -0.25) is 0 Å². The Balaban J connectivity index is 1.12. The molecule has 8 rings (SSSR count). The van der Waals surface area contributed by atoms with Crippen LogP contribution in [0, 0.1) is 23.7 Å². The molecule has 6 heterocycles. The number of rotatable bonds is 10. The summed E-state index contributed by atoms with van der Waals surface area (Å²) < 4.78 is 57.0. The first-order chi connectivity index (χ1) is 29.0. The first-order valence-corrected chi connectivity index (χ1v) is 26.2. The van der Waals surface area contributed by atoms with Crippen LogP contribution in [0.2, 0.25) is 22.2 Å². The van der Waals surface area contributed by atoms with Crippen LogP contribution in [-0.2, 0) is 49.3 Å². The van der Waals surface area contributed by atoms with E-state index in [-0.39, 0.29) is 66.2 Å². The average Bonchev–Trinajstić information content (AvgIpc) is 3.65. The molecular formula is C50H76O10Si. The molecule has 6 aliphatic heterocycles. The van der Waals surface area contributed by atoms with Crippen LogP contribution in [0.5, 0.6) is 0 Å². The summed E-state index contributed by atoms with van der Waals surface area (Å²) in [4.78, 5) is 12.0. The maximum atomic E-state index is 12.0. The summed E-state index contributed by atoms with van der Waals surface area (Å²) in [5, 5.41) is 14.2. The monoisotopic (exact) mass is 865 g/mol. The van der Waals surface area contributed by atoms with Gasteiger partial charge in [-0.25, -0.2) is 0 Å². The molecule has 1 spiro atoms. The summed E-state index contributed by atoms with van der Waals surface area (Å²) in [7, 11) is -2.28. The largest absolute Gasteiger partial charge is 0.390 e. The summed E-state index contributed by atoms with van der Waals surface area (Å²) in [5.74, 6) is -0.460. The summed E-state index contributed by atoms with van der Waals surface area (Å²) in [6, 6.07) is 14.9. The number of aliphatic hydroxyl groups is 1. The first-order valence-electron chi connectivity index (χ1n) is 23.9. The fourth-order valence-electron chi connectivity index (χ4n) is 13.9. The van der Waals surface area contributed by atoms with Gasteiger partial charge in [-0.15, -0.1) is 0 Å². The third kappa shape index (κ3) is 7.94. The number of hydrogen-bond acceptors (Lipinski definition) is 10. The van der Waals surface area contributed by atoms with Crippen molar-refractivity contribution in [2.24, 2.45) is 23.7 Å². The highest BCUT2D eigenvalue weighted by Crippen LogP contribution is 2.60. The van der Waals surface area contributed by atoms with Gasteiger partial charge < -0.3 is 47.8 Å². The maximum Gasteiger partial charge on any atom is 0.187 e. The molecule has 6 fully saturated rings. The van der Waals surface area contributed by atoms with E-state index in [1.165, 1.54) is 10.8 Å². The van der Waals surface area contributed by atoms with Gasteiger partial charge in [-0.2, -0.15) is 0 Å². The Morgan fingerprint density at radius 1 is 0.787 bits per heavy atom. The Hall–Kier alpha value is -1.77. The van der Waals surface area contributed by atoms with E-state index < -0.39 is 50.4 Å². The van der Waals surface area contributed by atoms with Gasteiger partial charge in [0.05, 0.1) is 57.4 Å². The zero-order valence-corrected chi connectivity index (χ0v) is 39.8. The Kier molecular flexibility index (Phi) is 13.4. The third-order valence-corrected chi connectivity index (χ3v) is 25.0. The highest BCUT2D eigenvalue weighted by molar-refractivity contribution is 6.85. The van der Waals surface area contributed by atoms with Crippen molar-refractivity contribution in [1.82, 2.24) is 0 Å². The fourth-order valence-corrected chi connectivity index (χ4v) is 22.2. The Labute approximate surface area is 366 Å². The second-order valence-electron chi connectivity index (χ2n) is 21.1. The zero-order chi connectivity index (χ0) is 43.6. The minimum Gasteiger partial charge on any atom is -0.390 e. The van der Waals surface area contributed by atoms with Crippen molar-refractivity contribution in [2.75, 3.05) is 6.61 Å². The molecule has 340 valence electrons. The van der Waals surface area contributed by atoms with E-state index in [0.717, 1.165) is 37.5 Å². The molecule has 2 aromatic rings. The predicted molar refractivity (Wildman–Crippen MR) is 238 cm³/mol. The quantitative estimate of drug-likeness (QED) is 0.183.